The molecule has 0 spiro atoms. The van der Waals surface area contributed by atoms with Gasteiger partial charge in [-0.15, -0.1) is 0 Å². The van der Waals surface area contributed by atoms with Crippen molar-refractivity contribution in [3.05, 3.63) is 34.3 Å². The molecule has 1 aromatic rings. The highest BCUT2D eigenvalue weighted by atomic mass is 35.5. The highest BCUT2D eigenvalue weighted by Crippen LogP contribution is 2.17. The first kappa shape index (κ1) is 14.0. The molecule has 0 aliphatic heterocycles. The number of aliphatic hydroxyl groups is 1. The molecule has 0 aliphatic carbocycles. The molecule has 0 amide bonds. The quantitative estimate of drug-likeness (QED) is 0.733. The smallest absolute Gasteiger partial charge is 0.0992 e. The second-order valence-corrected chi connectivity index (χ2v) is 4.29. The fourth-order valence-electron chi connectivity index (χ4n) is 1.52. The number of nitriles is 1. The third-order valence-corrected chi connectivity index (χ3v) is 2.86. The summed E-state index contributed by atoms with van der Waals surface area (Å²) in [6.07, 6.45) is 2.94. The molecule has 0 heterocycles. The zero-order valence-electron chi connectivity index (χ0n) is 9.75. The number of hydrogen-bond acceptors (Lipinski definition) is 3. The van der Waals surface area contributed by atoms with Gasteiger partial charge in [0.1, 0.15) is 0 Å². The maximum atomic E-state index is 8.70. The Morgan fingerprint density at radius 3 is 2.76 bits per heavy atom. The third-order valence-electron chi connectivity index (χ3n) is 2.51. The molecule has 0 saturated heterocycles. The van der Waals surface area contributed by atoms with E-state index < -0.39 is 0 Å². The molecule has 0 saturated carbocycles. The Hall–Kier alpha value is -1.08. The molecule has 0 bridgehead atoms. The van der Waals surface area contributed by atoms with Crippen LogP contribution in [0.2, 0.25) is 5.02 Å². The first-order valence-corrected chi connectivity index (χ1v) is 6.16. The highest BCUT2D eigenvalue weighted by molar-refractivity contribution is 6.31. The minimum absolute atomic E-state index is 0.265. The molecular formula is C13H17ClN2O. The van der Waals surface area contributed by atoms with Crippen LogP contribution in [0.5, 0.6) is 0 Å². The van der Waals surface area contributed by atoms with Gasteiger partial charge in [-0.05, 0) is 43.5 Å². The van der Waals surface area contributed by atoms with Crippen molar-refractivity contribution in [1.29, 1.82) is 5.26 Å². The molecule has 0 radical (unpaired) electrons. The van der Waals surface area contributed by atoms with E-state index >= 15 is 0 Å². The Morgan fingerprint density at radius 1 is 1.29 bits per heavy atom. The molecule has 0 aromatic heterocycles. The molecule has 4 heteroatoms. The van der Waals surface area contributed by atoms with E-state index in [4.69, 9.17) is 22.0 Å². The van der Waals surface area contributed by atoms with Crippen LogP contribution < -0.4 is 5.32 Å². The van der Waals surface area contributed by atoms with E-state index in [9.17, 15) is 0 Å². The van der Waals surface area contributed by atoms with Crippen molar-refractivity contribution >= 4 is 11.6 Å². The van der Waals surface area contributed by atoms with Crippen LogP contribution >= 0.6 is 11.6 Å². The van der Waals surface area contributed by atoms with Crippen molar-refractivity contribution < 1.29 is 5.11 Å². The Labute approximate surface area is 107 Å². The zero-order chi connectivity index (χ0) is 12.5. The lowest BCUT2D eigenvalue weighted by atomic mass is 10.1. The van der Waals surface area contributed by atoms with Gasteiger partial charge in [-0.1, -0.05) is 17.7 Å². The summed E-state index contributed by atoms with van der Waals surface area (Å²) in [6, 6.07) is 7.39. The maximum Gasteiger partial charge on any atom is 0.0992 e. The summed E-state index contributed by atoms with van der Waals surface area (Å²) < 4.78 is 0. The van der Waals surface area contributed by atoms with Crippen LogP contribution in [0.25, 0.3) is 0 Å². The normalized spacial score (nSPS) is 10.2. The molecular weight excluding hydrogens is 236 g/mol. The van der Waals surface area contributed by atoms with Gasteiger partial charge in [0, 0.05) is 18.2 Å². The first-order valence-electron chi connectivity index (χ1n) is 5.78. The maximum absolute atomic E-state index is 8.70. The van der Waals surface area contributed by atoms with Crippen molar-refractivity contribution in [3.63, 3.8) is 0 Å². The lowest BCUT2D eigenvalue weighted by molar-refractivity contribution is 0.283. The monoisotopic (exact) mass is 252 g/mol. The van der Waals surface area contributed by atoms with Crippen LogP contribution in [-0.4, -0.2) is 18.3 Å². The van der Waals surface area contributed by atoms with Crippen LogP contribution in [0, 0.1) is 11.3 Å². The third kappa shape index (κ3) is 5.18. The standard InChI is InChI=1S/C13H17ClN2O/c14-13-8-11(9-15)4-5-12(13)10-16-6-2-1-3-7-17/h4-5,8,16-17H,1-3,6-7,10H2. The fraction of sp³-hybridized carbons (Fsp3) is 0.462. The predicted octanol–water partition coefficient (Wildman–Crippen LogP) is 2.46. The van der Waals surface area contributed by atoms with Crippen LogP contribution in [0.1, 0.15) is 30.4 Å². The topological polar surface area (TPSA) is 56.0 Å². The lowest BCUT2D eigenvalue weighted by Gasteiger charge is -2.06. The van der Waals surface area contributed by atoms with Crippen LogP contribution in [0.4, 0.5) is 0 Å². The summed E-state index contributed by atoms with van der Waals surface area (Å²) in [5.74, 6) is 0. The van der Waals surface area contributed by atoms with E-state index in [0.717, 1.165) is 31.4 Å². The van der Waals surface area contributed by atoms with Gasteiger partial charge in [0.2, 0.25) is 0 Å². The molecule has 0 fully saturated rings. The molecule has 3 nitrogen and oxygen atoms in total. The lowest BCUT2D eigenvalue weighted by Crippen LogP contribution is -2.15. The van der Waals surface area contributed by atoms with E-state index in [-0.39, 0.29) is 6.61 Å². The Balaban J connectivity index is 2.30. The van der Waals surface area contributed by atoms with E-state index in [1.807, 2.05) is 6.07 Å². The van der Waals surface area contributed by atoms with Crippen LogP contribution in [0.15, 0.2) is 18.2 Å². The largest absolute Gasteiger partial charge is 0.396 e. The summed E-state index contributed by atoms with van der Waals surface area (Å²) >= 11 is 6.05. The summed E-state index contributed by atoms with van der Waals surface area (Å²) in [6.45, 7) is 1.89. The average molecular weight is 253 g/mol. The van der Waals surface area contributed by atoms with E-state index in [1.165, 1.54) is 0 Å². The molecule has 1 aromatic carbocycles. The van der Waals surface area contributed by atoms with E-state index in [2.05, 4.69) is 11.4 Å². The Bertz CT molecular complexity index is 387. The van der Waals surface area contributed by atoms with Gasteiger partial charge in [0.05, 0.1) is 11.6 Å². The van der Waals surface area contributed by atoms with E-state index in [0.29, 0.717) is 17.1 Å². The molecule has 0 atom stereocenters. The van der Waals surface area contributed by atoms with Gasteiger partial charge in [0.15, 0.2) is 0 Å². The minimum atomic E-state index is 0.265. The number of nitrogens with one attached hydrogen (secondary N) is 1. The number of benzene rings is 1. The average Bonchev–Trinajstić information content (AvgIpc) is 2.35. The molecule has 0 aliphatic rings. The summed E-state index contributed by atoms with van der Waals surface area (Å²) in [5.41, 5.74) is 1.59. The predicted molar refractivity (Wildman–Crippen MR) is 68.8 cm³/mol. The zero-order valence-corrected chi connectivity index (χ0v) is 10.5. The number of halogens is 1. The van der Waals surface area contributed by atoms with Crippen molar-refractivity contribution in [2.24, 2.45) is 0 Å². The fourth-order valence-corrected chi connectivity index (χ4v) is 1.77. The number of nitrogens with zero attached hydrogens (tertiary/aromatic N) is 1. The van der Waals surface area contributed by atoms with Crippen molar-refractivity contribution in [3.8, 4) is 6.07 Å². The van der Waals surface area contributed by atoms with Crippen LogP contribution in [-0.2, 0) is 6.54 Å². The van der Waals surface area contributed by atoms with Gasteiger partial charge in [-0.3, -0.25) is 0 Å². The van der Waals surface area contributed by atoms with Gasteiger partial charge < -0.3 is 10.4 Å². The molecule has 0 unspecified atom stereocenters. The van der Waals surface area contributed by atoms with Crippen molar-refractivity contribution in [2.45, 2.75) is 25.8 Å². The van der Waals surface area contributed by atoms with Crippen molar-refractivity contribution in [1.82, 2.24) is 5.32 Å². The van der Waals surface area contributed by atoms with Gasteiger partial charge in [-0.2, -0.15) is 5.26 Å². The molecule has 92 valence electrons. The number of aliphatic hydroxyl groups excluding tert-OH is 1. The second-order valence-electron chi connectivity index (χ2n) is 3.88. The Morgan fingerprint density at radius 2 is 2.12 bits per heavy atom. The van der Waals surface area contributed by atoms with Gasteiger partial charge >= 0.3 is 0 Å². The minimum Gasteiger partial charge on any atom is -0.396 e. The molecule has 17 heavy (non-hydrogen) atoms. The number of unbranched alkanes of at least 4 members (excludes halogenated alkanes) is 2. The van der Waals surface area contributed by atoms with E-state index in [1.54, 1.807) is 12.1 Å². The first-order chi connectivity index (χ1) is 8.27. The Kier molecular flexibility index (Phi) is 6.64. The molecule has 1 rings (SSSR count). The van der Waals surface area contributed by atoms with Gasteiger partial charge in [-0.25, -0.2) is 0 Å². The SMILES string of the molecule is N#Cc1ccc(CNCCCCCO)c(Cl)c1. The summed E-state index contributed by atoms with van der Waals surface area (Å²) in [5, 5.41) is 21.2. The van der Waals surface area contributed by atoms with Gasteiger partial charge in [0.25, 0.3) is 0 Å². The van der Waals surface area contributed by atoms with Crippen LogP contribution in [0.3, 0.4) is 0 Å². The number of hydrogen-bond donors (Lipinski definition) is 2. The second kappa shape index (κ2) is 8.08. The van der Waals surface area contributed by atoms with Crippen molar-refractivity contribution in [2.75, 3.05) is 13.2 Å². The molecule has 2 N–H and O–H groups in total. The number of rotatable bonds is 7. The highest BCUT2D eigenvalue weighted by Gasteiger charge is 2.01. The summed E-state index contributed by atoms with van der Waals surface area (Å²) in [4.78, 5) is 0. The summed E-state index contributed by atoms with van der Waals surface area (Å²) in [7, 11) is 0.